The van der Waals surface area contributed by atoms with Crippen molar-refractivity contribution in [3.05, 3.63) is 29.3 Å². The Morgan fingerprint density at radius 2 is 2.26 bits per heavy atom. The number of halogens is 1. The fraction of sp³-hybridized carbons (Fsp3) is 0.417. The summed E-state index contributed by atoms with van der Waals surface area (Å²) in [6, 6.07) is 1.77. The molecule has 1 N–H and O–H groups in total. The number of fused-ring (bicyclic) bond motifs is 1. The molecule has 0 aliphatic carbocycles. The number of aromatic nitrogens is 3. The van der Waals surface area contributed by atoms with Gasteiger partial charge in [-0.3, -0.25) is 0 Å². The summed E-state index contributed by atoms with van der Waals surface area (Å²) in [7, 11) is 0. The molecule has 0 spiro atoms. The Hall–Kier alpha value is -1.82. The van der Waals surface area contributed by atoms with E-state index in [0.717, 1.165) is 0 Å². The third-order valence-corrected chi connectivity index (χ3v) is 2.50. The molecule has 0 aliphatic rings. The molecule has 7 heteroatoms. The van der Waals surface area contributed by atoms with Gasteiger partial charge in [0, 0.05) is 12.4 Å². The van der Waals surface area contributed by atoms with Crippen LogP contribution in [0.15, 0.2) is 18.5 Å². The summed E-state index contributed by atoms with van der Waals surface area (Å²) < 4.78 is 6.75. The van der Waals surface area contributed by atoms with Crippen LogP contribution in [0.2, 0.25) is 5.15 Å². The Morgan fingerprint density at radius 3 is 2.89 bits per heavy atom. The number of carbonyl (C=O) groups excluding carboxylic acids is 1. The van der Waals surface area contributed by atoms with Crippen molar-refractivity contribution < 1.29 is 9.53 Å². The number of amides is 1. The van der Waals surface area contributed by atoms with Crippen LogP contribution in [0.4, 0.5) is 4.79 Å². The van der Waals surface area contributed by atoms with E-state index in [1.807, 2.05) is 20.8 Å². The molecular weight excluding hydrogens is 268 g/mol. The predicted octanol–water partition coefficient (Wildman–Crippen LogP) is 2.41. The lowest BCUT2D eigenvalue weighted by Crippen LogP contribution is -2.32. The Kier molecular flexibility index (Phi) is 3.61. The molecule has 2 heterocycles. The van der Waals surface area contributed by atoms with E-state index in [0.29, 0.717) is 16.4 Å². The van der Waals surface area contributed by atoms with E-state index in [1.165, 1.54) is 0 Å². The number of nitrogens with one attached hydrogen (secondary N) is 1. The average Bonchev–Trinajstić information content (AvgIpc) is 2.68. The van der Waals surface area contributed by atoms with Crippen molar-refractivity contribution >= 4 is 23.2 Å². The van der Waals surface area contributed by atoms with E-state index in [1.54, 1.807) is 23.0 Å². The summed E-state index contributed by atoms with van der Waals surface area (Å²) in [4.78, 5) is 15.5. The number of rotatable bonds is 2. The van der Waals surface area contributed by atoms with Gasteiger partial charge in [0.2, 0.25) is 0 Å². The van der Waals surface area contributed by atoms with Crippen LogP contribution in [0.5, 0.6) is 0 Å². The maximum Gasteiger partial charge on any atom is 0.407 e. The zero-order valence-electron chi connectivity index (χ0n) is 11.0. The molecule has 19 heavy (non-hydrogen) atoms. The highest BCUT2D eigenvalue weighted by atomic mass is 35.5. The van der Waals surface area contributed by atoms with Crippen LogP contribution < -0.4 is 5.32 Å². The highest BCUT2D eigenvalue weighted by Gasteiger charge is 2.16. The Morgan fingerprint density at radius 1 is 1.53 bits per heavy atom. The first-order valence-corrected chi connectivity index (χ1v) is 6.18. The van der Waals surface area contributed by atoms with Crippen molar-refractivity contribution in [2.24, 2.45) is 0 Å². The molecule has 6 nitrogen and oxygen atoms in total. The van der Waals surface area contributed by atoms with Gasteiger partial charge in [-0.05, 0) is 26.8 Å². The average molecular weight is 283 g/mol. The van der Waals surface area contributed by atoms with Gasteiger partial charge in [0.25, 0.3) is 0 Å². The smallest absolute Gasteiger partial charge is 0.407 e. The minimum atomic E-state index is -0.518. The van der Waals surface area contributed by atoms with E-state index < -0.39 is 11.7 Å². The quantitative estimate of drug-likeness (QED) is 0.918. The van der Waals surface area contributed by atoms with E-state index in [9.17, 15) is 4.79 Å². The number of carbonyl (C=O) groups is 1. The molecule has 0 saturated carbocycles. The van der Waals surface area contributed by atoms with Gasteiger partial charge in [-0.2, -0.15) is 5.10 Å². The molecular formula is C12H15ClN4O2. The van der Waals surface area contributed by atoms with E-state index in [2.05, 4.69) is 15.4 Å². The van der Waals surface area contributed by atoms with Crippen molar-refractivity contribution in [3.8, 4) is 0 Å². The normalized spacial score (nSPS) is 11.6. The number of nitrogens with zero attached hydrogens (tertiary/aromatic N) is 3. The van der Waals surface area contributed by atoms with Crippen molar-refractivity contribution in [3.63, 3.8) is 0 Å². The molecule has 0 atom stereocenters. The minimum Gasteiger partial charge on any atom is -0.444 e. The maximum absolute atomic E-state index is 11.5. The Bertz CT molecular complexity index is 603. The summed E-state index contributed by atoms with van der Waals surface area (Å²) in [5.74, 6) is 0. The Balaban J connectivity index is 2.02. The second kappa shape index (κ2) is 5.05. The van der Waals surface area contributed by atoms with Gasteiger partial charge in [-0.1, -0.05) is 11.6 Å². The summed E-state index contributed by atoms with van der Waals surface area (Å²) in [5.41, 5.74) is 0.863. The molecule has 0 saturated heterocycles. The van der Waals surface area contributed by atoms with Gasteiger partial charge in [0.1, 0.15) is 11.1 Å². The van der Waals surface area contributed by atoms with Gasteiger partial charge >= 0.3 is 6.09 Å². The molecule has 102 valence electrons. The predicted molar refractivity (Wildman–Crippen MR) is 71.1 cm³/mol. The fourth-order valence-corrected chi connectivity index (χ4v) is 1.70. The molecule has 0 fully saturated rings. The topological polar surface area (TPSA) is 68.5 Å². The van der Waals surface area contributed by atoms with E-state index in [-0.39, 0.29) is 6.54 Å². The van der Waals surface area contributed by atoms with Crippen molar-refractivity contribution in [1.82, 2.24) is 19.9 Å². The first-order valence-electron chi connectivity index (χ1n) is 5.81. The third kappa shape index (κ3) is 3.57. The number of hydrogen-bond acceptors (Lipinski definition) is 4. The Labute approximate surface area is 115 Å². The zero-order valence-corrected chi connectivity index (χ0v) is 11.7. The second-order valence-electron chi connectivity index (χ2n) is 5.04. The fourth-order valence-electron chi connectivity index (χ4n) is 1.50. The van der Waals surface area contributed by atoms with E-state index in [4.69, 9.17) is 16.3 Å². The SMILES string of the molecule is CC(C)(C)OC(=O)NCc1cc2c(Cl)nccn2n1. The molecule has 2 aromatic heterocycles. The molecule has 1 amide bonds. The second-order valence-corrected chi connectivity index (χ2v) is 5.40. The molecule has 0 aromatic carbocycles. The first kappa shape index (κ1) is 13.6. The maximum atomic E-state index is 11.5. The lowest BCUT2D eigenvalue weighted by atomic mass is 10.2. The summed E-state index contributed by atoms with van der Waals surface area (Å²) >= 11 is 5.94. The number of hydrogen-bond donors (Lipinski definition) is 1. The third-order valence-electron chi connectivity index (χ3n) is 2.21. The number of ether oxygens (including phenoxy) is 1. The van der Waals surface area contributed by atoms with Crippen LogP contribution in [0, 0.1) is 0 Å². The van der Waals surface area contributed by atoms with Gasteiger partial charge < -0.3 is 10.1 Å². The van der Waals surface area contributed by atoms with Crippen molar-refractivity contribution in [2.75, 3.05) is 0 Å². The molecule has 0 unspecified atom stereocenters. The molecule has 2 rings (SSSR count). The lowest BCUT2D eigenvalue weighted by Gasteiger charge is -2.19. The molecule has 0 bridgehead atoms. The molecule has 0 radical (unpaired) electrons. The van der Waals surface area contributed by atoms with Gasteiger partial charge in [-0.25, -0.2) is 14.3 Å². The van der Waals surface area contributed by atoms with Crippen LogP contribution in [-0.2, 0) is 11.3 Å². The van der Waals surface area contributed by atoms with Crippen LogP contribution >= 0.6 is 11.6 Å². The highest BCUT2D eigenvalue weighted by molar-refractivity contribution is 6.32. The molecule has 2 aromatic rings. The van der Waals surface area contributed by atoms with Crippen LogP contribution in [0.3, 0.4) is 0 Å². The van der Waals surface area contributed by atoms with Gasteiger partial charge in [0.05, 0.1) is 12.2 Å². The van der Waals surface area contributed by atoms with E-state index >= 15 is 0 Å². The highest BCUT2D eigenvalue weighted by Crippen LogP contribution is 2.14. The number of alkyl carbamates (subject to hydrolysis) is 1. The molecule has 0 aliphatic heterocycles. The van der Waals surface area contributed by atoms with Crippen LogP contribution in [0.25, 0.3) is 5.52 Å². The largest absolute Gasteiger partial charge is 0.444 e. The van der Waals surface area contributed by atoms with Gasteiger partial charge in [-0.15, -0.1) is 0 Å². The summed E-state index contributed by atoms with van der Waals surface area (Å²) in [6.45, 7) is 5.70. The standard InChI is InChI=1S/C12H15ClN4O2/c1-12(2,3)19-11(18)15-7-8-6-9-10(13)14-4-5-17(9)16-8/h4-6H,7H2,1-3H3,(H,15,18). The van der Waals surface area contributed by atoms with Crippen molar-refractivity contribution in [2.45, 2.75) is 32.9 Å². The van der Waals surface area contributed by atoms with Crippen molar-refractivity contribution in [1.29, 1.82) is 0 Å². The van der Waals surface area contributed by atoms with Crippen LogP contribution in [0.1, 0.15) is 26.5 Å². The minimum absolute atomic E-state index is 0.271. The van der Waals surface area contributed by atoms with Gasteiger partial charge in [0.15, 0.2) is 5.15 Å². The summed E-state index contributed by atoms with van der Waals surface area (Å²) in [5, 5.41) is 7.27. The van der Waals surface area contributed by atoms with Crippen LogP contribution in [-0.4, -0.2) is 26.3 Å². The zero-order chi connectivity index (χ0) is 14.0. The monoisotopic (exact) mass is 282 g/mol. The summed E-state index contributed by atoms with van der Waals surface area (Å²) in [6.07, 6.45) is 2.78. The first-order chi connectivity index (χ1) is 8.85. The lowest BCUT2D eigenvalue weighted by molar-refractivity contribution is 0.0523.